The lowest BCUT2D eigenvalue weighted by atomic mass is 9.78. The van der Waals surface area contributed by atoms with Gasteiger partial charge in [-0.25, -0.2) is 9.78 Å². The van der Waals surface area contributed by atoms with E-state index in [4.69, 9.17) is 23.4 Å². The van der Waals surface area contributed by atoms with Gasteiger partial charge >= 0.3 is 6.09 Å². The molecule has 2 atom stereocenters. The van der Waals surface area contributed by atoms with Gasteiger partial charge in [0, 0.05) is 80.2 Å². The lowest BCUT2D eigenvalue weighted by molar-refractivity contribution is -0.139. The van der Waals surface area contributed by atoms with Gasteiger partial charge in [0.05, 0.1) is 26.7 Å². The summed E-state index contributed by atoms with van der Waals surface area (Å²) in [6, 6.07) is 16.6. The maximum Gasteiger partial charge on any atom is 0.410 e. The van der Waals surface area contributed by atoms with Crippen molar-refractivity contribution in [3.63, 3.8) is 0 Å². The van der Waals surface area contributed by atoms with E-state index in [1.54, 1.807) is 25.3 Å². The fourth-order valence-electron chi connectivity index (χ4n) is 7.74. The number of hydrogen-bond donors (Lipinski definition) is 0. The molecule has 320 valence electrons. The van der Waals surface area contributed by atoms with Gasteiger partial charge in [-0.05, 0) is 118 Å². The fourth-order valence-corrected chi connectivity index (χ4v) is 8.83. The van der Waals surface area contributed by atoms with Gasteiger partial charge in [-0.2, -0.15) is 0 Å². The Hall–Kier alpha value is -4.55. The normalized spacial score (nSPS) is 17.5. The number of methoxy groups -OCH3 is 2. The quantitative estimate of drug-likeness (QED) is 0.0863. The molecule has 1 aliphatic carbocycles. The topological polar surface area (TPSA) is 105 Å². The Kier molecular flexibility index (Phi) is 13.4. The Morgan fingerprint density at radius 3 is 2.29 bits per heavy atom. The summed E-state index contributed by atoms with van der Waals surface area (Å²) >= 11 is 0. The maximum atomic E-state index is 15.2. The highest BCUT2D eigenvalue weighted by atomic mass is 28.4. The third-order valence-corrected chi connectivity index (χ3v) is 16.8. The van der Waals surface area contributed by atoms with Crippen LogP contribution in [-0.4, -0.2) is 91.8 Å². The number of aromatic nitrogens is 2. The Morgan fingerprint density at radius 1 is 0.932 bits per heavy atom. The fraction of sp³-hybridized carbons (Fsp3) is 0.553. The minimum atomic E-state index is -1.83. The van der Waals surface area contributed by atoms with Gasteiger partial charge in [-0.3, -0.25) is 4.79 Å². The van der Waals surface area contributed by atoms with E-state index >= 15 is 4.79 Å². The monoisotopic (exact) mass is 826 g/mol. The number of benzene rings is 2. The SMILES string of the molecule is COc1cc(Cn2ccc3c([C@H]4CCN(C(=O)OC(C)(C)C)C[C@@H]4C(=O)N(Cc4ccnc(OCCCO[Si](C)(C)C(C)(C)C)c4C)C4CC4)cccc32)cc(OC)c1. The van der Waals surface area contributed by atoms with Crippen molar-refractivity contribution >= 4 is 31.2 Å². The van der Waals surface area contributed by atoms with Crippen LogP contribution in [0.2, 0.25) is 18.1 Å². The highest BCUT2D eigenvalue weighted by Gasteiger charge is 2.44. The Morgan fingerprint density at radius 2 is 1.64 bits per heavy atom. The molecule has 0 bridgehead atoms. The van der Waals surface area contributed by atoms with Gasteiger partial charge in [-0.1, -0.05) is 32.9 Å². The second-order valence-electron chi connectivity index (χ2n) is 18.8. The molecule has 2 aromatic heterocycles. The zero-order chi connectivity index (χ0) is 42.7. The van der Waals surface area contributed by atoms with Crippen molar-refractivity contribution in [2.75, 3.05) is 40.5 Å². The molecule has 2 fully saturated rings. The van der Waals surface area contributed by atoms with E-state index < -0.39 is 19.8 Å². The van der Waals surface area contributed by atoms with Crippen molar-refractivity contribution < 1.29 is 33.0 Å². The summed E-state index contributed by atoms with van der Waals surface area (Å²) in [5.41, 5.74) is 4.56. The van der Waals surface area contributed by atoms with E-state index in [2.05, 4.69) is 78.8 Å². The number of piperidine rings is 1. The standard InChI is InChI=1S/C47H66N4O7Si/c1-32-34(18-21-48-43(32)56-24-13-25-57-59(10,11)47(5,6)7)30-51(35-16-17-35)44(52)41-31-50(45(53)58-46(2,3)4)23-19-39(41)38-14-12-15-42-40(38)20-22-49(42)29-33-26-36(54-8)28-37(27-33)55-9/h12,14-15,18,20-22,26-28,35,39,41H,13,16-17,19,23-25,29-31H2,1-11H3/t39-,41+/m1/s1. The van der Waals surface area contributed by atoms with Crippen molar-refractivity contribution in [2.45, 2.75) is 123 Å². The van der Waals surface area contributed by atoms with Crippen LogP contribution in [0.15, 0.2) is 60.9 Å². The molecule has 0 unspecified atom stereocenters. The summed E-state index contributed by atoms with van der Waals surface area (Å²) in [5, 5.41) is 1.26. The Bertz CT molecular complexity index is 2080. The number of rotatable bonds is 15. The van der Waals surface area contributed by atoms with Crippen LogP contribution in [0, 0.1) is 12.8 Å². The van der Waals surface area contributed by atoms with Crippen molar-refractivity contribution in [2.24, 2.45) is 5.92 Å². The average molecular weight is 827 g/mol. The molecule has 1 saturated heterocycles. The molecule has 3 heterocycles. The molecular weight excluding hydrogens is 761 g/mol. The number of carbonyl (C=O) groups excluding carboxylic acids is 2. The maximum absolute atomic E-state index is 15.2. The van der Waals surface area contributed by atoms with Crippen molar-refractivity contribution in [3.05, 3.63) is 83.2 Å². The summed E-state index contributed by atoms with van der Waals surface area (Å²) in [6.07, 6.45) is 6.81. The third-order valence-electron chi connectivity index (χ3n) is 12.3. The lowest BCUT2D eigenvalue weighted by Crippen LogP contribution is -2.51. The number of pyridine rings is 1. The molecule has 0 radical (unpaired) electrons. The number of likely N-dealkylation sites (tertiary alicyclic amines) is 1. The van der Waals surface area contributed by atoms with Crippen LogP contribution in [0.5, 0.6) is 17.4 Å². The molecule has 2 amide bonds. The molecule has 0 N–H and O–H groups in total. The van der Waals surface area contributed by atoms with E-state index in [-0.39, 0.29) is 35.5 Å². The second-order valence-corrected chi connectivity index (χ2v) is 23.6. The zero-order valence-corrected chi connectivity index (χ0v) is 38.2. The predicted molar refractivity (Wildman–Crippen MR) is 235 cm³/mol. The van der Waals surface area contributed by atoms with Crippen molar-refractivity contribution in [1.29, 1.82) is 0 Å². The number of nitrogens with zero attached hydrogens (tertiary/aromatic N) is 4. The van der Waals surface area contributed by atoms with Gasteiger partial charge in [0.25, 0.3) is 0 Å². The number of hydrogen-bond acceptors (Lipinski definition) is 8. The van der Waals surface area contributed by atoms with E-state index in [0.29, 0.717) is 45.1 Å². The summed E-state index contributed by atoms with van der Waals surface area (Å²) in [6.45, 7) is 21.9. The van der Waals surface area contributed by atoms with Crippen LogP contribution in [0.3, 0.4) is 0 Å². The van der Waals surface area contributed by atoms with Gasteiger partial charge in [0.1, 0.15) is 17.1 Å². The Labute approximate surface area is 352 Å². The molecule has 0 spiro atoms. The van der Waals surface area contributed by atoms with Crippen LogP contribution >= 0.6 is 0 Å². The summed E-state index contributed by atoms with van der Waals surface area (Å²) in [7, 11) is 1.49. The first-order chi connectivity index (χ1) is 27.9. The summed E-state index contributed by atoms with van der Waals surface area (Å²) in [4.78, 5) is 37.1. The molecular formula is C47H66N4O7Si. The minimum absolute atomic E-state index is 0.0622. The van der Waals surface area contributed by atoms with Gasteiger partial charge in [-0.15, -0.1) is 0 Å². The highest BCUT2D eigenvalue weighted by molar-refractivity contribution is 6.74. The van der Waals surface area contributed by atoms with Crippen molar-refractivity contribution in [1.82, 2.24) is 19.4 Å². The molecule has 12 heteroatoms. The van der Waals surface area contributed by atoms with E-state index in [1.165, 1.54) is 0 Å². The number of carbonyl (C=O) groups is 2. The molecule has 1 saturated carbocycles. The first-order valence-electron chi connectivity index (χ1n) is 21.2. The molecule has 6 rings (SSSR count). The number of fused-ring (bicyclic) bond motifs is 1. The summed E-state index contributed by atoms with van der Waals surface area (Å²) in [5.74, 6) is 1.56. The lowest BCUT2D eigenvalue weighted by Gasteiger charge is -2.41. The first kappa shape index (κ1) is 44.0. The number of amides is 2. The Balaban J connectivity index is 1.25. The molecule has 59 heavy (non-hydrogen) atoms. The van der Waals surface area contributed by atoms with E-state index in [1.807, 2.05) is 52.0 Å². The molecule has 11 nitrogen and oxygen atoms in total. The zero-order valence-electron chi connectivity index (χ0n) is 37.2. The second kappa shape index (κ2) is 18.0. The smallest absolute Gasteiger partial charge is 0.410 e. The predicted octanol–water partition coefficient (Wildman–Crippen LogP) is 9.73. The van der Waals surface area contributed by atoms with Crippen LogP contribution in [0.4, 0.5) is 4.79 Å². The molecule has 2 aromatic carbocycles. The van der Waals surface area contributed by atoms with Crippen molar-refractivity contribution in [3.8, 4) is 17.4 Å². The summed E-state index contributed by atoms with van der Waals surface area (Å²) < 4.78 is 31.7. The number of ether oxygens (including phenoxy) is 4. The van der Waals surface area contributed by atoms with E-state index in [9.17, 15) is 4.79 Å². The van der Waals surface area contributed by atoms with Gasteiger partial charge < -0.3 is 37.7 Å². The van der Waals surface area contributed by atoms with Crippen LogP contribution in [-0.2, 0) is 27.0 Å². The molecule has 4 aromatic rings. The molecule has 2 aliphatic rings. The largest absolute Gasteiger partial charge is 0.497 e. The molecule has 1 aliphatic heterocycles. The van der Waals surface area contributed by atoms with Gasteiger partial charge in [0.2, 0.25) is 11.8 Å². The highest BCUT2D eigenvalue weighted by Crippen LogP contribution is 2.42. The average Bonchev–Trinajstić information content (AvgIpc) is 3.95. The minimum Gasteiger partial charge on any atom is -0.497 e. The van der Waals surface area contributed by atoms with Crippen LogP contribution in [0.1, 0.15) is 95.4 Å². The van der Waals surface area contributed by atoms with Crippen LogP contribution in [0.25, 0.3) is 10.9 Å². The van der Waals surface area contributed by atoms with E-state index in [0.717, 1.165) is 63.9 Å². The third kappa shape index (κ3) is 10.6. The van der Waals surface area contributed by atoms with Gasteiger partial charge in [0.15, 0.2) is 8.32 Å². The first-order valence-corrected chi connectivity index (χ1v) is 24.1. The van der Waals surface area contributed by atoms with Crippen LogP contribution < -0.4 is 14.2 Å².